The number of rotatable bonds is 7. The minimum absolute atomic E-state index is 0.574. The van der Waals surface area contributed by atoms with E-state index in [2.05, 4.69) is 11.8 Å². The van der Waals surface area contributed by atoms with Crippen LogP contribution in [0.1, 0.15) is 45.4 Å². The lowest BCUT2D eigenvalue weighted by molar-refractivity contribution is -0.104. The van der Waals surface area contributed by atoms with Gasteiger partial charge in [0.15, 0.2) is 0 Å². The van der Waals surface area contributed by atoms with Gasteiger partial charge in [0, 0.05) is 26.9 Å². The molecule has 0 amide bonds. The van der Waals surface area contributed by atoms with Crippen molar-refractivity contribution in [3.8, 4) is 0 Å². The monoisotopic (exact) mass is 255 g/mol. The van der Waals surface area contributed by atoms with Gasteiger partial charge >= 0.3 is 0 Å². The molecule has 2 rings (SSSR count). The van der Waals surface area contributed by atoms with E-state index >= 15 is 0 Å². The second-order valence-corrected chi connectivity index (χ2v) is 6.09. The molecule has 3 heteroatoms. The van der Waals surface area contributed by atoms with E-state index in [0.29, 0.717) is 11.5 Å². The van der Waals surface area contributed by atoms with Crippen molar-refractivity contribution in [3.63, 3.8) is 0 Å². The molecule has 1 aliphatic heterocycles. The van der Waals surface area contributed by atoms with Crippen LogP contribution in [-0.4, -0.2) is 51.0 Å². The maximum Gasteiger partial charge on any atom is 0.0585 e. The quantitative estimate of drug-likeness (QED) is 0.653. The van der Waals surface area contributed by atoms with E-state index in [4.69, 9.17) is 9.47 Å². The molecule has 1 saturated heterocycles. The van der Waals surface area contributed by atoms with Crippen LogP contribution < -0.4 is 0 Å². The summed E-state index contributed by atoms with van der Waals surface area (Å²) in [5, 5.41) is 0. The molecule has 3 nitrogen and oxygen atoms in total. The Morgan fingerprint density at radius 1 is 1.17 bits per heavy atom. The van der Waals surface area contributed by atoms with Gasteiger partial charge in [-0.15, -0.1) is 0 Å². The molecular formula is C15H29NO2. The molecule has 1 heterocycles. The van der Waals surface area contributed by atoms with Gasteiger partial charge in [-0.3, -0.25) is 0 Å². The van der Waals surface area contributed by atoms with E-state index < -0.39 is 0 Å². The van der Waals surface area contributed by atoms with Gasteiger partial charge in [0.1, 0.15) is 0 Å². The largest absolute Gasteiger partial charge is 0.385 e. The van der Waals surface area contributed by atoms with Crippen LogP contribution in [0.4, 0.5) is 0 Å². The summed E-state index contributed by atoms with van der Waals surface area (Å²) < 4.78 is 10.9. The van der Waals surface area contributed by atoms with E-state index in [1.54, 1.807) is 7.11 Å². The van der Waals surface area contributed by atoms with Crippen LogP contribution in [0.2, 0.25) is 0 Å². The fraction of sp³-hybridized carbons (Fsp3) is 1.00. The molecule has 0 radical (unpaired) electrons. The van der Waals surface area contributed by atoms with Crippen molar-refractivity contribution in [1.82, 2.24) is 4.90 Å². The number of hydrogen-bond acceptors (Lipinski definition) is 3. The number of hydrogen-bond donors (Lipinski definition) is 0. The lowest BCUT2D eigenvalue weighted by Crippen LogP contribution is -2.50. The Hall–Kier alpha value is -0.120. The first-order chi connectivity index (χ1) is 8.78. The standard InChI is InChI=1S/C15H29NO2/c1-3-10-18-14-12-15(13-14)5-8-16(9-6-15)7-4-11-17-2/h14H,3-13H2,1-2H3. The van der Waals surface area contributed by atoms with Crippen molar-refractivity contribution in [1.29, 1.82) is 0 Å². The zero-order chi connectivity index (χ0) is 12.8. The highest BCUT2D eigenvalue weighted by molar-refractivity contribution is 4.97. The van der Waals surface area contributed by atoms with Crippen molar-refractivity contribution in [3.05, 3.63) is 0 Å². The van der Waals surface area contributed by atoms with E-state index in [0.717, 1.165) is 19.6 Å². The molecular weight excluding hydrogens is 226 g/mol. The van der Waals surface area contributed by atoms with Gasteiger partial charge in [0.25, 0.3) is 0 Å². The maximum absolute atomic E-state index is 5.83. The minimum atomic E-state index is 0.574. The van der Waals surface area contributed by atoms with E-state index in [1.165, 1.54) is 51.7 Å². The molecule has 18 heavy (non-hydrogen) atoms. The summed E-state index contributed by atoms with van der Waals surface area (Å²) in [4.78, 5) is 2.60. The summed E-state index contributed by atoms with van der Waals surface area (Å²) >= 11 is 0. The zero-order valence-corrected chi connectivity index (χ0v) is 12.1. The van der Waals surface area contributed by atoms with E-state index in [9.17, 15) is 0 Å². The van der Waals surface area contributed by atoms with Gasteiger partial charge in [0.05, 0.1) is 6.10 Å². The van der Waals surface area contributed by atoms with Gasteiger partial charge in [-0.1, -0.05) is 6.92 Å². The third kappa shape index (κ3) is 3.69. The third-order valence-electron chi connectivity index (χ3n) is 4.62. The number of likely N-dealkylation sites (tertiary alicyclic amines) is 1. The third-order valence-corrected chi connectivity index (χ3v) is 4.62. The average molecular weight is 255 g/mol. The summed E-state index contributed by atoms with van der Waals surface area (Å²) in [6.45, 7) is 7.81. The van der Waals surface area contributed by atoms with Gasteiger partial charge in [-0.25, -0.2) is 0 Å². The van der Waals surface area contributed by atoms with Crippen molar-refractivity contribution in [2.45, 2.75) is 51.6 Å². The normalized spacial score (nSPS) is 24.3. The SMILES string of the molecule is CCCOC1CC2(CCN(CCCOC)CC2)C1. The van der Waals surface area contributed by atoms with Crippen LogP contribution in [0.25, 0.3) is 0 Å². The first-order valence-corrected chi connectivity index (χ1v) is 7.61. The van der Waals surface area contributed by atoms with Gasteiger partial charge in [-0.2, -0.15) is 0 Å². The number of methoxy groups -OCH3 is 1. The summed E-state index contributed by atoms with van der Waals surface area (Å²) in [7, 11) is 1.79. The van der Waals surface area contributed by atoms with Crippen molar-refractivity contribution in [2.24, 2.45) is 5.41 Å². The topological polar surface area (TPSA) is 21.7 Å². The molecule has 0 unspecified atom stereocenters. The average Bonchev–Trinajstić information content (AvgIpc) is 2.36. The number of piperidine rings is 1. The van der Waals surface area contributed by atoms with E-state index in [-0.39, 0.29) is 0 Å². The molecule has 2 aliphatic rings. The fourth-order valence-corrected chi connectivity index (χ4v) is 3.40. The first kappa shape index (κ1) is 14.3. The Kier molecular flexibility index (Phi) is 5.46. The smallest absolute Gasteiger partial charge is 0.0585 e. The van der Waals surface area contributed by atoms with Gasteiger partial charge in [0.2, 0.25) is 0 Å². The Bertz CT molecular complexity index is 229. The number of nitrogens with zero attached hydrogens (tertiary/aromatic N) is 1. The summed E-state index contributed by atoms with van der Waals surface area (Å²) in [6.07, 6.45) is 8.29. The van der Waals surface area contributed by atoms with Gasteiger partial charge in [-0.05, 0) is 57.0 Å². The van der Waals surface area contributed by atoms with Gasteiger partial charge < -0.3 is 14.4 Å². The molecule has 0 aromatic carbocycles. The molecule has 1 saturated carbocycles. The molecule has 0 aromatic rings. The molecule has 0 aromatic heterocycles. The van der Waals surface area contributed by atoms with Crippen molar-refractivity contribution >= 4 is 0 Å². The van der Waals surface area contributed by atoms with Crippen LogP contribution >= 0.6 is 0 Å². The Balaban J connectivity index is 1.60. The van der Waals surface area contributed by atoms with E-state index in [1.807, 2.05) is 0 Å². The second kappa shape index (κ2) is 6.88. The lowest BCUT2D eigenvalue weighted by Gasteiger charge is -2.52. The summed E-state index contributed by atoms with van der Waals surface area (Å²) in [6, 6.07) is 0. The molecule has 0 bridgehead atoms. The highest BCUT2D eigenvalue weighted by Gasteiger charge is 2.46. The molecule has 0 atom stereocenters. The second-order valence-electron chi connectivity index (χ2n) is 6.09. The lowest BCUT2D eigenvalue weighted by atomic mass is 9.61. The first-order valence-electron chi connectivity index (χ1n) is 7.61. The molecule has 1 aliphatic carbocycles. The highest BCUT2D eigenvalue weighted by atomic mass is 16.5. The molecule has 0 N–H and O–H groups in total. The Morgan fingerprint density at radius 3 is 2.50 bits per heavy atom. The van der Waals surface area contributed by atoms with Crippen LogP contribution in [-0.2, 0) is 9.47 Å². The summed E-state index contributed by atoms with van der Waals surface area (Å²) in [5.41, 5.74) is 0.649. The van der Waals surface area contributed by atoms with Crippen LogP contribution in [0, 0.1) is 5.41 Å². The van der Waals surface area contributed by atoms with Crippen molar-refractivity contribution < 1.29 is 9.47 Å². The molecule has 106 valence electrons. The molecule has 2 fully saturated rings. The maximum atomic E-state index is 5.83. The fourth-order valence-electron chi connectivity index (χ4n) is 3.40. The predicted molar refractivity (Wildman–Crippen MR) is 73.9 cm³/mol. The highest BCUT2D eigenvalue weighted by Crippen LogP contribution is 2.50. The van der Waals surface area contributed by atoms with Crippen molar-refractivity contribution in [2.75, 3.05) is 40.0 Å². The Morgan fingerprint density at radius 2 is 1.89 bits per heavy atom. The summed E-state index contributed by atoms with van der Waals surface area (Å²) in [5.74, 6) is 0. The number of ether oxygens (including phenoxy) is 2. The van der Waals surface area contributed by atoms with Crippen LogP contribution in [0.5, 0.6) is 0 Å². The zero-order valence-electron chi connectivity index (χ0n) is 12.1. The minimum Gasteiger partial charge on any atom is -0.385 e. The molecule has 1 spiro atoms. The Labute approximate surface area is 112 Å². The van der Waals surface area contributed by atoms with Crippen LogP contribution in [0.15, 0.2) is 0 Å². The predicted octanol–water partition coefficient (Wildman–Crippen LogP) is 2.69. The van der Waals surface area contributed by atoms with Crippen LogP contribution in [0.3, 0.4) is 0 Å².